The molecular weight excluding hydrogens is 499 g/mol. The third-order valence-corrected chi connectivity index (χ3v) is 8.16. The van der Waals surface area contributed by atoms with Gasteiger partial charge in [0.25, 0.3) is 0 Å². The molecule has 3 aliphatic rings. The van der Waals surface area contributed by atoms with Crippen molar-refractivity contribution in [2.75, 3.05) is 26.7 Å². The average Bonchev–Trinajstić information content (AvgIpc) is 3.87. The number of amides is 3. The largest absolute Gasteiger partial charge is 0.492 e. The van der Waals surface area contributed by atoms with Crippen LogP contribution >= 0.6 is 0 Å². The number of carbonyl (C=O) groups is 3. The van der Waals surface area contributed by atoms with Crippen LogP contribution in [0, 0.1) is 17.7 Å². The summed E-state index contributed by atoms with van der Waals surface area (Å²) in [4.78, 5) is 41.5. The van der Waals surface area contributed by atoms with Crippen LogP contribution in [0.2, 0.25) is 0 Å². The van der Waals surface area contributed by atoms with Crippen molar-refractivity contribution in [3.63, 3.8) is 0 Å². The molecule has 2 aromatic carbocycles. The van der Waals surface area contributed by atoms with Crippen molar-refractivity contribution in [3.8, 4) is 5.75 Å². The lowest BCUT2D eigenvalue weighted by atomic mass is 10.0. The fourth-order valence-corrected chi connectivity index (χ4v) is 5.33. The van der Waals surface area contributed by atoms with Crippen LogP contribution in [0.4, 0.5) is 4.39 Å². The van der Waals surface area contributed by atoms with Crippen LogP contribution in [0.25, 0.3) is 0 Å². The second-order valence-electron chi connectivity index (χ2n) is 11.0. The number of hydrogen-bond donors (Lipinski definition) is 3. The first-order valence-corrected chi connectivity index (χ1v) is 13.9. The molecule has 2 saturated carbocycles. The molecule has 1 aliphatic heterocycles. The summed E-state index contributed by atoms with van der Waals surface area (Å²) in [6.45, 7) is 3.08. The number of hydrogen-bond acceptors (Lipinski definition) is 5. The number of carbonyl (C=O) groups excluding carboxylic acids is 3. The monoisotopic (exact) mass is 536 g/mol. The molecule has 5 rings (SSSR count). The van der Waals surface area contributed by atoms with Gasteiger partial charge in [-0.1, -0.05) is 30.3 Å². The second kappa shape index (κ2) is 11.7. The van der Waals surface area contributed by atoms with E-state index in [4.69, 9.17) is 4.74 Å². The number of rotatable bonds is 3. The molecule has 0 spiro atoms. The summed E-state index contributed by atoms with van der Waals surface area (Å²) in [6, 6.07) is 11.8. The lowest BCUT2D eigenvalue weighted by molar-refractivity contribution is -0.141. The normalized spacial score (nSPS) is 28.6. The third kappa shape index (κ3) is 6.58. The van der Waals surface area contributed by atoms with E-state index in [2.05, 4.69) is 22.0 Å². The van der Waals surface area contributed by atoms with E-state index in [9.17, 15) is 18.8 Å². The first-order chi connectivity index (χ1) is 18.8. The molecule has 5 atom stereocenters. The Labute approximate surface area is 228 Å². The fourth-order valence-electron chi connectivity index (χ4n) is 5.33. The van der Waals surface area contributed by atoms with Crippen molar-refractivity contribution in [1.82, 2.24) is 20.9 Å². The number of likely N-dealkylation sites (N-methyl/N-ethyl adjacent to an activating group) is 1. The van der Waals surface area contributed by atoms with Gasteiger partial charge in [-0.25, -0.2) is 4.39 Å². The average molecular weight is 537 g/mol. The maximum absolute atomic E-state index is 13.5. The molecule has 0 aromatic heterocycles. The van der Waals surface area contributed by atoms with E-state index in [1.165, 1.54) is 17.0 Å². The highest BCUT2D eigenvalue weighted by Gasteiger charge is 2.41. The Balaban J connectivity index is 1.37. The molecule has 2 aromatic rings. The molecule has 8 nitrogen and oxygen atoms in total. The van der Waals surface area contributed by atoms with E-state index in [0.717, 1.165) is 36.1 Å². The van der Waals surface area contributed by atoms with Crippen molar-refractivity contribution in [1.29, 1.82) is 0 Å². The third-order valence-electron chi connectivity index (χ3n) is 8.16. The molecule has 1 heterocycles. The van der Waals surface area contributed by atoms with Gasteiger partial charge in [-0.15, -0.1) is 0 Å². The van der Waals surface area contributed by atoms with Gasteiger partial charge >= 0.3 is 0 Å². The Hall–Kier alpha value is -3.46. The summed E-state index contributed by atoms with van der Waals surface area (Å²) in [5.74, 6) is 0.398. The van der Waals surface area contributed by atoms with Crippen LogP contribution in [0.5, 0.6) is 5.75 Å². The summed E-state index contributed by atoms with van der Waals surface area (Å²) in [6.07, 6.45) is 3.07. The maximum atomic E-state index is 13.5. The molecule has 3 N–H and O–H groups in total. The van der Waals surface area contributed by atoms with Crippen LogP contribution in [0.15, 0.2) is 48.5 Å². The smallest absolute Gasteiger partial charge is 0.243 e. The van der Waals surface area contributed by atoms with Gasteiger partial charge in [0.2, 0.25) is 17.7 Å². The highest BCUT2D eigenvalue weighted by molar-refractivity contribution is 5.93. The Morgan fingerprint density at radius 1 is 1.00 bits per heavy atom. The van der Waals surface area contributed by atoms with Crippen LogP contribution in [0.1, 0.15) is 43.2 Å². The molecule has 2 fully saturated rings. The minimum Gasteiger partial charge on any atom is -0.492 e. The molecular formula is C30H37FN4O4. The molecule has 9 heteroatoms. The summed E-state index contributed by atoms with van der Waals surface area (Å²) in [7, 11) is 1.62. The summed E-state index contributed by atoms with van der Waals surface area (Å²) in [5.41, 5.74) is 1.85. The van der Waals surface area contributed by atoms with E-state index in [-0.39, 0.29) is 41.8 Å². The van der Waals surface area contributed by atoms with E-state index in [0.29, 0.717) is 19.7 Å². The quantitative estimate of drug-likeness (QED) is 0.560. The van der Waals surface area contributed by atoms with Gasteiger partial charge in [0.1, 0.15) is 30.3 Å². The second-order valence-corrected chi connectivity index (χ2v) is 11.0. The number of nitrogens with one attached hydrogen (secondary N) is 3. The van der Waals surface area contributed by atoms with E-state index >= 15 is 0 Å². The summed E-state index contributed by atoms with van der Waals surface area (Å²) >= 11 is 0. The minimum atomic E-state index is -0.863. The molecule has 0 radical (unpaired) electrons. The van der Waals surface area contributed by atoms with Crippen molar-refractivity contribution >= 4 is 17.7 Å². The number of ether oxygens (including phenoxy) is 1. The maximum Gasteiger partial charge on any atom is 0.243 e. The molecule has 0 saturated heterocycles. The van der Waals surface area contributed by atoms with Crippen LogP contribution < -0.4 is 20.7 Å². The topological polar surface area (TPSA) is 99.8 Å². The zero-order valence-electron chi connectivity index (χ0n) is 22.5. The van der Waals surface area contributed by atoms with Gasteiger partial charge < -0.3 is 25.6 Å². The van der Waals surface area contributed by atoms with Crippen molar-refractivity contribution in [2.24, 2.45) is 11.8 Å². The number of para-hydroxylation sites is 1. The van der Waals surface area contributed by atoms with Crippen molar-refractivity contribution in [3.05, 3.63) is 65.5 Å². The standard InChI is InChI=1S/C30H37FN4O4/c1-18-28(36)34-25(15-19-7-11-22(31)12-8-19)29(37)33-17-21-16-24(21)23-5-3-4-6-26(23)39-14-13-32-27(20-9-10-20)30(38)35(18)2/h3-8,11-12,18,20-21,24-25,27,32H,9-10,13-17H2,1-2H3,(H,33,37)(H,34,36)/t18-,21-,24-,25-,27+/m1/s1. The lowest BCUT2D eigenvalue weighted by Gasteiger charge is -2.30. The number of halogens is 1. The van der Waals surface area contributed by atoms with Gasteiger partial charge in [-0.3, -0.25) is 14.4 Å². The molecule has 3 amide bonds. The molecule has 2 aliphatic carbocycles. The molecule has 0 unspecified atom stereocenters. The highest BCUT2D eigenvalue weighted by Crippen LogP contribution is 2.50. The Kier molecular flexibility index (Phi) is 8.16. The molecule has 39 heavy (non-hydrogen) atoms. The Morgan fingerprint density at radius 2 is 1.74 bits per heavy atom. The highest BCUT2D eigenvalue weighted by atomic mass is 19.1. The number of benzene rings is 2. The minimum absolute atomic E-state index is 0.151. The van der Waals surface area contributed by atoms with Crippen LogP contribution in [-0.2, 0) is 20.8 Å². The first kappa shape index (κ1) is 27.1. The predicted molar refractivity (Wildman–Crippen MR) is 145 cm³/mol. The van der Waals surface area contributed by atoms with E-state index in [1.54, 1.807) is 26.1 Å². The zero-order valence-corrected chi connectivity index (χ0v) is 22.5. The number of nitrogens with zero attached hydrogens (tertiary/aromatic N) is 1. The summed E-state index contributed by atoms with van der Waals surface area (Å²) in [5, 5.41) is 9.24. The summed E-state index contributed by atoms with van der Waals surface area (Å²) < 4.78 is 19.6. The van der Waals surface area contributed by atoms with E-state index in [1.807, 2.05) is 18.2 Å². The van der Waals surface area contributed by atoms with Crippen LogP contribution in [-0.4, -0.2) is 67.5 Å². The van der Waals surface area contributed by atoms with Gasteiger partial charge in [-0.2, -0.15) is 0 Å². The van der Waals surface area contributed by atoms with Crippen LogP contribution in [0.3, 0.4) is 0 Å². The van der Waals surface area contributed by atoms with Gasteiger partial charge in [0.05, 0.1) is 6.04 Å². The van der Waals surface area contributed by atoms with Crippen molar-refractivity contribution < 1.29 is 23.5 Å². The predicted octanol–water partition coefficient (Wildman–Crippen LogP) is 2.38. The zero-order chi connectivity index (χ0) is 27.5. The Morgan fingerprint density at radius 3 is 2.49 bits per heavy atom. The van der Waals surface area contributed by atoms with Crippen molar-refractivity contribution in [2.45, 2.75) is 56.7 Å². The fraction of sp³-hybridized carbons (Fsp3) is 0.500. The SMILES string of the molecule is C[C@@H]1C(=O)N[C@H](Cc2ccc(F)cc2)C(=O)NC[C@H]2C[C@H]2c2ccccc2OCCN[C@@H](C2CC2)C(=O)N1C. The lowest BCUT2D eigenvalue weighted by Crippen LogP contribution is -2.56. The van der Waals surface area contributed by atoms with Gasteiger partial charge in [0.15, 0.2) is 0 Å². The van der Waals surface area contributed by atoms with Gasteiger partial charge in [0, 0.05) is 26.6 Å². The van der Waals surface area contributed by atoms with Gasteiger partial charge in [-0.05, 0) is 73.3 Å². The first-order valence-electron chi connectivity index (χ1n) is 13.9. The van der Waals surface area contributed by atoms with E-state index < -0.39 is 24.0 Å². The number of fused-ring (bicyclic) bond motifs is 3. The molecule has 0 bridgehead atoms. The Bertz CT molecular complexity index is 1200. The molecule has 208 valence electrons.